The SMILES string of the molecule is Cc1c(-c2[nH]c3sc([C@H]4C[C@@]5(CCN(CC[S+](C)[O-])C5)C4)c(C)c3c2C(C)C)cn2ncnc2c1C. The molecule has 1 spiro atoms. The van der Waals surface area contributed by atoms with Gasteiger partial charge in [0.05, 0.1) is 11.9 Å². The fourth-order valence-electron chi connectivity index (χ4n) is 6.86. The zero-order valence-corrected chi connectivity index (χ0v) is 23.9. The van der Waals surface area contributed by atoms with E-state index in [1.165, 1.54) is 76.1 Å². The second-order valence-corrected chi connectivity index (χ2v) is 14.2. The summed E-state index contributed by atoms with van der Waals surface area (Å²) in [6, 6.07) is 0. The molecule has 4 aromatic heterocycles. The number of hydrogen-bond acceptors (Lipinski definition) is 5. The summed E-state index contributed by atoms with van der Waals surface area (Å²) in [7, 11) is 0. The van der Waals surface area contributed by atoms with Crippen molar-refractivity contribution in [1.82, 2.24) is 24.5 Å². The van der Waals surface area contributed by atoms with E-state index in [0.29, 0.717) is 17.3 Å². The van der Waals surface area contributed by atoms with Crippen LogP contribution < -0.4 is 0 Å². The van der Waals surface area contributed by atoms with Gasteiger partial charge in [-0.2, -0.15) is 5.10 Å². The lowest BCUT2D eigenvalue weighted by molar-refractivity contribution is 0.111. The van der Waals surface area contributed by atoms with Crippen LogP contribution in [0, 0.1) is 26.2 Å². The molecule has 0 radical (unpaired) electrons. The molecule has 1 aliphatic carbocycles. The minimum atomic E-state index is -0.696. The van der Waals surface area contributed by atoms with Crippen molar-refractivity contribution in [3.8, 4) is 11.3 Å². The number of aromatic nitrogens is 4. The van der Waals surface area contributed by atoms with Gasteiger partial charge in [0.25, 0.3) is 0 Å². The molecule has 2 fully saturated rings. The van der Waals surface area contributed by atoms with Gasteiger partial charge in [-0.1, -0.05) is 25.0 Å². The first-order valence-electron chi connectivity index (χ1n) is 13.1. The molecule has 2 aliphatic rings. The Hall–Kier alpha value is -1.87. The predicted molar refractivity (Wildman–Crippen MR) is 151 cm³/mol. The summed E-state index contributed by atoms with van der Waals surface area (Å²) in [5.74, 6) is 1.90. The molecule has 4 aromatic rings. The van der Waals surface area contributed by atoms with Crippen molar-refractivity contribution in [3.63, 3.8) is 0 Å². The minimum absolute atomic E-state index is 0.418. The van der Waals surface area contributed by atoms with Crippen LogP contribution in [0.2, 0.25) is 0 Å². The molecule has 0 bridgehead atoms. The van der Waals surface area contributed by atoms with E-state index < -0.39 is 11.2 Å². The molecule has 0 amide bonds. The third-order valence-corrected chi connectivity index (χ3v) is 11.0. The standard InChI is InChI=1S/C28H37N5OS2/c1-16(2)22-23-19(5)25(20-11-28(12-20)7-8-32(14-28)9-10-36(6)34)35-27(23)31-24(22)21-13-33-26(29-15-30-33)18(4)17(21)3/h13,15-16,20,31H,7-12,14H2,1-6H3/t20-,28-,36?. The Morgan fingerprint density at radius 3 is 2.72 bits per heavy atom. The van der Waals surface area contributed by atoms with Crippen LogP contribution in [0.5, 0.6) is 0 Å². The fourth-order valence-corrected chi connectivity index (χ4v) is 8.70. The Balaban J connectivity index is 1.31. The lowest BCUT2D eigenvalue weighted by Crippen LogP contribution is -2.39. The summed E-state index contributed by atoms with van der Waals surface area (Å²) in [5.41, 5.74) is 9.24. The minimum Gasteiger partial charge on any atom is -0.617 e. The number of H-pyrrole nitrogens is 1. The van der Waals surface area contributed by atoms with Crippen molar-refractivity contribution in [2.75, 3.05) is 31.6 Å². The molecule has 1 saturated carbocycles. The number of nitrogens with one attached hydrogen (secondary N) is 1. The van der Waals surface area contributed by atoms with E-state index in [2.05, 4.69) is 60.8 Å². The van der Waals surface area contributed by atoms with Gasteiger partial charge in [-0.15, -0.1) is 11.3 Å². The van der Waals surface area contributed by atoms with Gasteiger partial charge in [0, 0.05) is 35.1 Å². The van der Waals surface area contributed by atoms with Crippen molar-refractivity contribution in [3.05, 3.63) is 39.7 Å². The van der Waals surface area contributed by atoms with E-state index in [-0.39, 0.29) is 0 Å². The van der Waals surface area contributed by atoms with E-state index in [4.69, 9.17) is 0 Å². The average Bonchev–Trinajstić information content (AvgIpc) is 3.57. The number of fused-ring (bicyclic) bond motifs is 2. The molecule has 1 N–H and O–H groups in total. The Bertz CT molecular complexity index is 1440. The number of thiophene rings is 1. The molecular weight excluding hydrogens is 486 g/mol. The normalized spacial score (nSPS) is 23.5. The van der Waals surface area contributed by atoms with E-state index in [9.17, 15) is 4.55 Å². The molecule has 1 atom stereocenters. The van der Waals surface area contributed by atoms with Crippen LogP contribution in [0.25, 0.3) is 27.1 Å². The number of pyridine rings is 1. The van der Waals surface area contributed by atoms with Crippen LogP contribution in [0.1, 0.15) is 72.1 Å². The Kier molecular flexibility index (Phi) is 6.02. The van der Waals surface area contributed by atoms with Gasteiger partial charge in [0.2, 0.25) is 0 Å². The van der Waals surface area contributed by atoms with Crippen molar-refractivity contribution in [2.24, 2.45) is 5.41 Å². The maximum Gasteiger partial charge on any atom is 0.158 e. The lowest BCUT2D eigenvalue weighted by Gasteiger charge is -2.45. The smallest absolute Gasteiger partial charge is 0.158 e. The number of aryl methyl sites for hydroxylation is 2. The molecule has 0 aromatic carbocycles. The van der Waals surface area contributed by atoms with Crippen LogP contribution in [0.15, 0.2) is 12.5 Å². The third kappa shape index (κ3) is 3.83. The first-order valence-corrected chi connectivity index (χ1v) is 15.7. The maximum absolute atomic E-state index is 11.5. The second kappa shape index (κ2) is 8.86. The molecular formula is C28H37N5OS2. The highest BCUT2D eigenvalue weighted by atomic mass is 32.2. The molecule has 1 saturated heterocycles. The molecule has 8 heteroatoms. The van der Waals surface area contributed by atoms with E-state index >= 15 is 0 Å². The Morgan fingerprint density at radius 1 is 1.22 bits per heavy atom. The van der Waals surface area contributed by atoms with Crippen LogP contribution >= 0.6 is 11.3 Å². The van der Waals surface area contributed by atoms with Crippen molar-refractivity contribution in [2.45, 2.75) is 65.7 Å². The third-order valence-electron chi connectivity index (χ3n) is 8.88. The number of hydrogen-bond donors (Lipinski definition) is 1. The van der Waals surface area contributed by atoms with Gasteiger partial charge in [0.1, 0.15) is 16.9 Å². The number of aromatic amines is 1. The summed E-state index contributed by atoms with van der Waals surface area (Å²) < 4.78 is 13.4. The van der Waals surface area contributed by atoms with Crippen LogP contribution in [0.3, 0.4) is 0 Å². The highest BCUT2D eigenvalue weighted by Gasteiger charge is 2.49. The van der Waals surface area contributed by atoms with Gasteiger partial charge in [-0.25, -0.2) is 9.50 Å². The van der Waals surface area contributed by atoms with E-state index in [1.54, 1.807) is 11.2 Å². The highest BCUT2D eigenvalue weighted by Crippen LogP contribution is 2.58. The summed E-state index contributed by atoms with van der Waals surface area (Å²) >= 11 is 1.29. The molecule has 5 heterocycles. The van der Waals surface area contributed by atoms with Gasteiger partial charge in [-0.3, -0.25) is 4.90 Å². The number of nitrogens with zero attached hydrogens (tertiary/aromatic N) is 4. The monoisotopic (exact) mass is 523 g/mol. The summed E-state index contributed by atoms with van der Waals surface area (Å²) in [5, 5.41) is 5.87. The summed E-state index contributed by atoms with van der Waals surface area (Å²) in [6.45, 7) is 14.7. The first-order chi connectivity index (χ1) is 17.2. The average molecular weight is 524 g/mol. The molecule has 192 valence electrons. The predicted octanol–water partition coefficient (Wildman–Crippen LogP) is 5.94. The Labute approximate surface area is 220 Å². The van der Waals surface area contributed by atoms with E-state index in [0.717, 1.165) is 17.9 Å². The molecule has 6 rings (SSSR count). The molecule has 1 aliphatic heterocycles. The quantitative estimate of drug-likeness (QED) is 0.318. The van der Waals surface area contributed by atoms with Crippen LogP contribution in [-0.4, -0.2) is 60.7 Å². The highest BCUT2D eigenvalue weighted by molar-refractivity contribution is 7.90. The van der Waals surface area contributed by atoms with E-state index in [1.807, 2.05) is 22.1 Å². The summed E-state index contributed by atoms with van der Waals surface area (Å²) in [4.78, 5) is 13.8. The zero-order valence-electron chi connectivity index (χ0n) is 22.3. The van der Waals surface area contributed by atoms with Gasteiger partial charge < -0.3 is 9.54 Å². The second-order valence-electron chi connectivity index (χ2n) is 11.6. The van der Waals surface area contributed by atoms with Gasteiger partial charge in [-0.05, 0) is 86.1 Å². The lowest BCUT2D eigenvalue weighted by atomic mass is 9.60. The van der Waals surface area contributed by atoms with Crippen molar-refractivity contribution < 1.29 is 4.55 Å². The summed E-state index contributed by atoms with van der Waals surface area (Å²) in [6.07, 6.45) is 9.49. The van der Waals surface area contributed by atoms with Gasteiger partial charge in [0.15, 0.2) is 5.65 Å². The maximum atomic E-state index is 11.5. The van der Waals surface area contributed by atoms with Crippen LogP contribution in [-0.2, 0) is 11.2 Å². The molecule has 6 nitrogen and oxygen atoms in total. The van der Waals surface area contributed by atoms with Crippen LogP contribution in [0.4, 0.5) is 0 Å². The molecule has 1 unspecified atom stereocenters. The number of likely N-dealkylation sites (tertiary alicyclic amines) is 1. The Morgan fingerprint density at radius 2 is 2.00 bits per heavy atom. The fraction of sp³-hybridized carbons (Fsp3) is 0.571. The number of rotatable bonds is 6. The first kappa shape index (κ1) is 24.5. The zero-order chi connectivity index (χ0) is 25.4. The van der Waals surface area contributed by atoms with Crippen molar-refractivity contribution in [1.29, 1.82) is 0 Å². The topological polar surface area (TPSA) is 72.3 Å². The molecule has 36 heavy (non-hydrogen) atoms. The van der Waals surface area contributed by atoms with Crippen molar-refractivity contribution >= 4 is 38.4 Å². The largest absolute Gasteiger partial charge is 0.617 e. The van der Waals surface area contributed by atoms with Gasteiger partial charge >= 0.3 is 0 Å².